The number of nitro groups is 1. The van der Waals surface area contributed by atoms with Crippen molar-refractivity contribution >= 4 is 41.0 Å². The highest BCUT2D eigenvalue weighted by molar-refractivity contribution is 6.31. The first-order valence-corrected chi connectivity index (χ1v) is 8.65. The van der Waals surface area contributed by atoms with E-state index >= 15 is 0 Å². The largest absolute Gasteiger partial charge is 0.488 e. The second-order valence-corrected chi connectivity index (χ2v) is 6.54. The molecule has 0 unspecified atom stereocenters. The second-order valence-electron chi connectivity index (χ2n) is 5.67. The molecule has 0 aliphatic carbocycles. The molecule has 8 heteroatoms. The summed E-state index contributed by atoms with van der Waals surface area (Å²) in [6.07, 6.45) is 3.10. The standard InChI is InChI=1S/C19H14Cl2N2O4/c1-12-19(23(24)25)18(27-22-12)7-5-14-10-16(21)6-8-17(14)26-11-13-3-2-4-15(20)9-13/h2-10H,11H2,1H3. The molecule has 0 spiro atoms. The Labute approximate surface area is 165 Å². The van der Waals surface area contributed by atoms with Gasteiger partial charge in [-0.05, 0) is 55.0 Å². The minimum Gasteiger partial charge on any atom is -0.488 e. The monoisotopic (exact) mass is 404 g/mol. The summed E-state index contributed by atoms with van der Waals surface area (Å²) in [5.41, 5.74) is 1.60. The topological polar surface area (TPSA) is 78.4 Å². The normalized spacial score (nSPS) is 11.1. The van der Waals surface area contributed by atoms with Crippen LogP contribution in [0.15, 0.2) is 47.0 Å². The molecule has 1 heterocycles. The highest BCUT2D eigenvalue weighted by atomic mass is 35.5. The summed E-state index contributed by atoms with van der Waals surface area (Å²) in [7, 11) is 0. The Morgan fingerprint density at radius 3 is 2.70 bits per heavy atom. The van der Waals surface area contributed by atoms with Crippen LogP contribution in [0.4, 0.5) is 5.69 Å². The van der Waals surface area contributed by atoms with Crippen LogP contribution in [0.5, 0.6) is 5.75 Å². The highest BCUT2D eigenvalue weighted by Crippen LogP contribution is 2.29. The molecule has 0 saturated heterocycles. The maximum absolute atomic E-state index is 11.1. The molecule has 0 atom stereocenters. The van der Waals surface area contributed by atoms with Gasteiger partial charge in [-0.2, -0.15) is 0 Å². The fraction of sp³-hybridized carbons (Fsp3) is 0.105. The lowest BCUT2D eigenvalue weighted by Crippen LogP contribution is -1.97. The number of benzene rings is 2. The van der Waals surface area contributed by atoms with E-state index in [1.54, 1.807) is 30.3 Å². The van der Waals surface area contributed by atoms with Crippen LogP contribution < -0.4 is 4.74 Å². The Bertz CT molecular complexity index is 1010. The van der Waals surface area contributed by atoms with Crippen LogP contribution in [-0.2, 0) is 6.61 Å². The van der Waals surface area contributed by atoms with E-state index in [4.69, 9.17) is 32.5 Å². The smallest absolute Gasteiger partial charge is 0.338 e. The number of hydrogen-bond donors (Lipinski definition) is 0. The molecule has 3 aromatic rings. The lowest BCUT2D eigenvalue weighted by molar-refractivity contribution is -0.386. The van der Waals surface area contributed by atoms with Crippen molar-refractivity contribution in [2.45, 2.75) is 13.5 Å². The van der Waals surface area contributed by atoms with E-state index in [-0.39, 0.29) is 17.1 Å². The van der Waals surface area contributed by atoms with Gasteiger partial charge in [0.1, 0.15) is 12.4 Å². The molecule has 0 aliphatic rings. The Kier molecular flexibility index (Phi) is 5.78. The van der Waals surface area contributed by atoms with E-state index in [2.05, 4.69) is 5.16 Å². The van der Waals surface area contributed by atoms with Crippen LogP contribution in [0.1, 0.15) is 22.6 Å². The van der Waals surface area contributed by atoms with Crippen molar-refractivity contribution in [2.24, 2.45) is 0 Å². The number of rotatable bonds is 6. The molecule has 0 fully saturated rings. The number of aromatic nitrogens is 1. The Balaban J connectivity index is 1.85. The molecule has 0 radical (unpaired) electrons. The van der Waals surface area contributed by atoms with Crippen molar-refractivity contribution in [1.82, 2.24) is 5.16 Å². The number of ether oxygens (including phenoxy) is 1. The third-order valence-corrected chi connectivity index (χ3v) is 4.18. The third kappa shape index (κ3) is 4.67. The molecule has 6 nitrogen and oxygen atoms in total. The number of aryl methyl sites for hydroxylation is 1. The summed E-state index contributed by atoms with van der Waals surface area (Å²) < 4.78 is 10.9. The van der Waals surface area contributed by atoms with E-state index in [1.165, 1.54) is 13.0 Å². The molecule has 0 aliphatic heterocycles. The zero-order valence-corrected chi connectivity index (χ0v) is 15.7. The molecule has 1 aromatic heterocycles. The predicted octanol–water partition coefficient (Wildman–Crippen LogP) is 5.95. The van der Waals surface area contributed by atoms with E-state index in [9.17, 15) is 10.1 Å². The maximum Gasteiger partial charge on any atom is 0.338 e. The first kappa shape index (κ1) is 18.9. The first-order chi connectivity index (χ1) is 12.9. The lowest BCUT2D eigenvalue weighted by atomic mass is 10.1. The summed E-state index contributed by atoms with van der Waals surface area (Å²) in [4.78, 5) is 10.6. The molecular weight excluding hydrogens is 391 g/mol. The van der Waals surface area contributed by atoms with Gasteiger partial charge in [0.15, 0.2) is 5.69 Å². The van der Waals surface area contributed by atoms with E-state index in [0.29, 0.717) is 28.0 Å². The van der Waals surface area contributed by atoms with E-state index in [1.807, 2.05) is 18.2 Å². The third-order valence-electron chi connectivity index (χ3n) is 3.71. The van der Waals surface area contributed by atoms with E-state index < -0.39 is 4.92 Å². The Hall–Kier alpha value is -2.83. The molecule has 27 heavy (non-hydrogen) atoms. The van der Waals surface area contributed by atoms with Gasteiger partial charge in [0.25, 0.3) is 0 Å². The van der Waals surface area contributed by atoms with Crippen LogP contribution >= 0.6 is 23.2 Å². The van der Waals surface area contributed by atoms with Gasteiger partial charge in [-0.15, -0.1) is 0 Å². The average molecular weight is 405 g/mol. The van der Waals surface area contributed by atoms with Gasteiger partial charge in [0.05, 0.1) is 4.92 Å². The Morgan fingerprint density at radius 2 is 1.96 bits per heavy atom. The predicted molar refractivity (Wildman–Crippen MR) is 104 cm³/mol. The van der Waals surface area contributed by atoms with Crippen molar-refractivity contribution in [2.75, 3.05) is 0 Å². The number of nitrogens with zero attached hydrogens (tertiary/aromatic N) is 2. The fourth-order valence-corrected chi connectivity index (χ4v) is 2.84. The summed E-state index contributed by atoms with van der Waals surface area (Å²) in [5, 5.41) is 15.9. The molecule has 3 rings (SSSR count). The molecular formula is C19H14Cl2N2O4. The molecule has 2 aromatic carbocycles. The second kappa shape index (κ2) is 8.24. The highest BCUT2D eigenvalue weighted by Gasteiger charge is 2.22. The van der Waals surface area contributed by atoms with Gasteiger partial charge in [0.2, 0.25) is 5.76 Å². The molecule has 0 amide bonds. The van der Waals surface area contributed by atoms with Gasteiger partial charge >= 0.3 is 5.69 Å². The van der Waals surface area contributed by atoms with Crippen molar-refractivity contribution in [1.29, 1.82) is 0 Å². The van der Waals surface area contributed by atoms with Crippen molar-refractivity contribution in [3.63, 3.8) is 0 Å². The fourth-order valence-electron chi connectivity index (χ4n) is 2.45. The summed E-state index contributed by atoms with van der Waals surface area (Å²) in [5.74, 6) is 0.618. The van der Waals surface area contributed by atoms with Gasteiger partial charge < -0.3 is 9.26 Å². The van der Waals surface area contributed by atoms with Crippen LogP contribution in [0.25, 0.3) is 12.2 Å². The summed E-state index contributed by atoms with van der Waals surface area (Å²) in [6, 6.07) is 12.5. The van der Waals surface area contributed by atoms with Crippen LogP contribution in [0.2, 0.25) is 10.0 Å². The molecule has 0 N–H and O–H groups in total. The van der Waals surface area contributed by atoms with Crippen LogP contribution in [0.3, 0.4) is 0 Å². The average Bonchev–Trinajstić information content (AvgIpc) is 3.00. The maximum atomic E-state index is 11.1. The molecule has 0 saturated carbocycles. The van der Waals surface area contributed by atoms with Gasteiger partial charge in [-0.3, -0.25) is 10.1 Å². The minimum atomic E-state index is -0.528. The van der Waals surface area contributed by atoms with Crippen molar-refractivity contribution in [3.05, 3.63) is 85.2 Å². The summed E-state index contributed by atoms with van der Waals surface area (Å²) in [6.45, 7) is 1.82. The van der Waals surface area contributed by atoms with Gasteiger partial charge in [0, 0.05) is 15.6 Å². The zero-order valence-electron chi connectivity index (χ0n) is 14.2. The number of halogens is 2. The van der Waals surface area contributed by atoms with Crippen molar-refractivity contribution < 1.29 is 14.2 Å². The SMILES string of the molecule is Cc1noc(C=Cc2cc(Cl)ccc2OCc2cccc(Cl)c2)c1[N+](=O)[O-]. The van der Waals surface area contributed by atoms with Crippen LogP contribution in [0, 0.1) is 17.0 Å². The minimum absolute atomic E-state index is 0.0540. The molecule has 138 valence electrons. The van der Waals surface area contributed by atoms with Gasteiger partial charge in [-0.25, -0.2) is 0 Å². The summed E-state index contributed by atoms with van der Waals surface area (Å²) >= 11 is 12.1. The quantitative estimate of drug-likeness (QED) is 0.374. The van der Waals surface area contributed by atoms with Gasteiger partial charge in [-0.1, -0.05) is 40.5 Å². The van der Waals surface area contributed by atoms with E-state index in [0.717, 1.165) is 5.56 Å². The first-order valence-electron chi connectivity index (χ1n) is 7.89. The molecule has 0 bridgehead atoms. The van der Waals surface area contributed by atoms with Crippen molar-refractivity contribution in [3.8, 4) is 5.75 Å². The number of hydrogen-bond acceptors (Lipinski definition) is 5. The zero-order chi connectivity index (χ0) is 19.4. The lowest BCUT2D eigenvalue weighted by Gasteiger charge is -2.10. The Morgan fingerprint density at radius 1 is 1.19 bits per heavy atom. The van der Waals surface area contributed by atoms with Crippen LogP contribution in [-0.4, -0.2) is 10.1 Å².